The molecule has 0 aliphatic heterocycles. The lowest BCUT2D eigenvalue weighted by Crippen LogP contribution is -2.37. The molecule has 6 heteroatoms. The van der Waals surface area contributed by atoms with E-state index in [1.54, 1.807) is 6.07 Å². The summed E-state index contributed by atoms with van der Waals surface area (Å²) >= 11 is 12.3. The molecule has 0 bridgehead atoms. The Bertz CT molecular complexity index is 433. The predicted molar refractivity (Wildman–Crippen MR) is 82.0 cm³/mol. The molecule has 0 unspecified atom stereocenters. The molecule has 1 saturated carbocycles. The number of hydrazine groups is 1. The number of hydrogen-bond donors (Lipinski definition) is 2. The predicted octanol–water partition coefficient (Wildman–Crippen LogP) is 3.83. The molecule has 19 heavy (non-hydrogen) atoms. The number of nitrogens with zero attached hydrogens (tertiary/aromatic N) is 2. The van der Waals surface area contributed by atoms with Crippen molar-refractivity contribution in [2.24, 2.45) is 5.84 Å². The average Bonchev–Trinajstić information content (AvgIpc) is 2.43. The molecule has 1 aliphatic rings. The highest BCUT2D eigenvalue weighted by Crippen LogP contribution is 2.34. The van der Waals surface area contributed by atoms with Crippen LogP contribution in [0.3, 0.4) is 0 Å². The van der Waals surface area contributed by atoms with Gasteiger partial charge in [-0.2, -0.15) is 0 Å². The second-order valence-corrected chi connectivity index (χ2v) is 5.66. The van der Waals surface area contributed by atoms with E-state index in [2.05, 4.69) is 22.2 Å². The quantitative estimate of drug-likeness (QED) is 0.655. The molecule has 4 nitrogen and oxygen atoms in total. The molecule has 0 atom stereocenters. The molecular weight excluding hydrogens is 283 g/mol. The first-order valence-corrected chi connectivity index (χ1v) is 7.52. The maximum absolute atomic E-state index is 6.29. The van der Waals surface area contributed by atoms with Crippen molar-refractivity contribution in [1.82, 2.24) is 4.98 Å². The highest BCUT2D eigenvalue weighted by molar-refractivity contribution is 6.37. The summed E-state index contributed by atoms with van der Waals surface area (Å²) in [6.07, 6.45) is 6.26. The Labute approximate surface area is 124 Å². The van der Waals surface area contributed by atoms with Gasteiger partial charge in [0.25, 0.3) is 0 Å². The van der Waals surface area contributed by atoms with Crippen LogP contribution in [0.4, 0.5) is 11.6 Å². The van der Waals surface area contributed by atoms with Gasteiger partial charge in [0.1, 0.15) is 5.82 Å². The fourth-order valence-electron chi connectivity index (χ4n) is 2.73. The Morgan fingerprint density at radius 2 is 2.00 bits per heavy atom. The molecular formula is C13H20Cl2N4. The highest BCUT2D eigenvalue weighted by Gasteiger charge is 2.23. The first-order chi connectivity index (χ1) is 9.17. The van der Waals surface area contributed by atoms with Crippen molar-refractivity contribution in [3.8, 4) is 0 Å². The van der Waals surface area contributed by atoms with E-state index in [0.29, 0.717) is 21.9 Å². The topological polar surface area (TPSA) is 54.2 Å². The van der Waals surface area contributed by atoms with E-state index >= 15 is 0 Å². The van der Waals surface area contributed by atoms with Crippen LogP contribution in [-0.4, -0.2) is 17.6 Å². The standard InChI is InChI=1S/C13H20Cl2N4/c1-2-19(9-6-4-3-5-7-9)13-11(15)8-10(14)12(17-13)18-16/h8-9H,2-7,16H2,1H3,(H,17,18). The van der Waals surface area contributed by atoms with Crippen molar-refractivity contribution in [1.29, 1.82) is 0 Å². The van der Waals surface area contributed by atoms with E-state index < -0.39 is 0 Å². The van der Waals surface area contributed by atoms with E-state index in [9.17, 15) is 0 Å². The highest BCUT2D eigenvalue weighted by atomic mass is 35.5. The van der Waals surface area contributed by atoms with Gasteiger partial charge < -0.3 is 10.3 Å². The summed E-state index contributed by atoms with van der Waals surface area (Å²) in [6, 6.07) is 2.21. The Morgan fingerprint density at radius 1 is 1.32 bits per heavy atom. The van der Waals surface area contributed by atoms with E-state index in [-0.39, 0.29) is 0 Å². The first kappa shape index (κ1) is 14.7. The third-order valence-electron chi connectivity index (χ3n) is 3.68. The van der Waals surface area contributed by atoms with Crippen LogP contribution in [0.1, 0.15) is 39.0 Å². The molecule has 0 radical (unpaired) electrons. The number of anilines is 2. The zero-order valence-electron chi connectivity index (χ0n) is 11.1. The van der Waals surface area contributed by atoms with Gasteiger partial charge >= 0.3 is 0 Å². The van der Waals surface area contributed by atoms with Gasteiger partial charge in [0.15, 0.2) is 5.82 Å². The van der Waals surface area contributed by atoms with E-state index in [0.717, 1.165) is 12.4 Å². The van der Waals surface area contributed by atoms with E-state index in [4.69, 9.17) is 29.0 Å². The minimum absolute atomic E-state index is 0.441. The molecule has 0 saturated heterocycles. The molecule has 2 rings (SSSR count). The molecule has 3 N–H and O–H groups in total. The Kier molecular flexibility index (Phi) is 5.13. The second kappa shape index (κ2) is 6.64. The van der Waals surface area contributed by atoms with Crippen molar-refractivity contribution in [3.05, 3.63) is 16.1 Å². The number of nitrogen functional groups attached to an aromatic ring is 1. The van der Waals surface area contributed by atoms with Gasteiger partial charge in [-0.3, -0.25) is 0 Å². The fourth-order valence-corrected chi connectivity index (χ4v) is 3.25. The summed E-state index contributed by atoms with van der Waals surface area (Å²) in [4.78, 5) is 6.73. The average molecular weight is 303 g/mol. The molecule has 1 aliphatic carbocycles. The summed E-state index contributed by atoms with van der Waals surface area (Å²) < 4.78 is 0. The van der Waals surface area contributed by atoms with Crippen molar-refractivity contribution in [2.45, 2.75) is 45.1 Å². The number of nitrogens with one attached hydrogen (secondary N) is 1. The summed E-state index contributed by atoms with van der Waals surface area (Å²) in [5.41, 5.74) is 2.52. The van der Waals surface area contributed by atoms with Gasteiger partial charge in [-0.1, -0.05) is 42.5 Å². The first-order valence-electron chi connectivity index (χ1n) is 6.76. The third kappa shape index (κ3) is 3.25. The summed E-state index contributed by atoms with van der Waals surface area (Å²) in [6.45, 7) is 3.00. The molecule has 1 aromatic heterocycles. The van der Waals surface area contributed by atoms with Crippen LogP contribution in [-0.2, 0) is 0 Å². The molecule has 1 aromatic rings. The van der Waals surface area contributed by atoms with Crippen LogP contribution < -0.4 is 16.2 Å². The summed E-state index contributed by atoms with van der Waals surface area (Å²) in [5, 5.41) is 1.02. The van der Waals surface area contributed by atoms with Crippen LogP contribution in [0.5, 0.6) is 0 Å². The zero-order valence-corrected chi connectivity index (χ0v) is 12.6. The second-order valence-electron chi connectivity index (χ2n) is 4.85. The Balaban J connectivity index is 2.31. The monoisotopic (exact) mass is 302 g/mol. The number of rotatable bonds is 4. The van der Waals surface area contributed by atoms with Gasteiger partial charge in [-0.05, 0) is 25.8 Å². The number of aromatic nitrogens is 1. The van der Waals surface area contributed by atoms with Gasteiger partial charge in [-0.15, -0.1) is 0 Å². The van der Waals surface area contributed by atoms with Crippen LogP contribution in [0.15, 0.2) is 6.07 Å². The Morgan fingerprint density at radius 3 is 2.58 bits per heavy atom. The lowest BCUT2D eigenvalue weighted by molar-refractivity contribution is 0.416. The maximum Gasteiger partial charge on any atom is 0.161 e. The maximum atomic E-state index is 6.29. The number of nitrogens with two attached hydrogens (primary N) is 1. The molecule has 1 fully saturated rings. The van der Waals surface area contributed by atoms with Crippen molar-refractivity contribution >= 4 is 34.8 Å². The van der Waals surface area contributed by atoms with Crippen LogP contribution in [0, 0.1) is 0 Å². The summed E-state index contributed by atoms with van der Waals surface area (Å²) in [7, 11) is 0. The largest absolute Gasteiger partial charge is 0.353 e. The zero-order chi connectivity index (χ0) is 13.8. The number of halogens is 2. The minimum Gasteiger partial charge on any atom is -0.353 e. The lowest BCUT2D eigenvalue weighted by atomic mass is 9.94. The molecule has 0 amide bonds. The van der Waals surface area contributed by atoms with Gasteiger partial charge in [0, 0.05) is 12.6 Å². The molecule has 1 heterocycles. The Hall–Kier alpha value is -0.710. The van der Waals surface area contributed by atoms with E-state index in [1.165, 1.54) is 32.1 Å². The van der Waals surface area contributed by atoms with Gasteiger partial charge in [0.05, 0.1) is 10.0 Å². The molecule has 0 aromatic carbocycles. The third-order valence-corrected chi connectivity index (χ3v) is 4.24. The van der Waals surface area contributed by atoms with Crippen molar-refractivity contribution in [3.63, 3.8) is 0 Å². The lowest BCUT2D eigenvalue weighted by Gasteiger charge is -2.35. The SMILES string of the molecule is CCN(c1nc(NN)c(Cl)cc1Cl)C1CCCCC1. The summed E-state index contributed by atoms with van der Waals surface area (Å²) in [5.74, 6) is 6.67. The molecule has 0 spiro atoms. The number of hydrogen-bond acceptors (Lipinski definition) is 4. The van der Waals surface area contributed by atoms with Crippen LogP contribution in [0.25, 0.3) is 0 Å². The van der Waals surface area contributed by atoms with E-state index in [1.807, 2.05) is 0 Å². The van der Waals surface area contributed by atoms with Gasteiger partial charge in [0.2, 0.25) is 0 Å². The fraction of sp³-hybridized carbons (Fsp3) is 0.615. The number of pyridine rings is 1. The smallest absolute Gasteiger partial charge is 0.161 e. The van der Waals surface area contributed by atoms with Gasteiger partial charge in [-0.25, -0.2) is 10.8 Å². The van der Waals surface area contributed by atoms with Crippen molar-refractivity contribution < 1.29 is 0 Å². The normalized spacial score (nSPS) is 16.4. The molecule has 106 valence electrons. The minimum atomic E-state index is 0.441. The van der Waals surface area contributed by atoms with Crippen molar-refractivity contribution in [2.75, 3.05) is 16.9 Å². The van der Waals surface area contributed by atoms with Crippen LogP contribution >= 0.6 is 23.2 Å². The van der Waals surface area contributed by atoms with Crippen LogP contribution in [0.2, 0.25) is 10.0 Å².